The third kappa shape index (κ3) is 2.79. The molecule has 1 aromatic rings. The second-order valence-corrected chi connectivity index (χ2v) is 3.20. The van der Waals surface area contributed by atoms with Crippen LogP contribution in [0.4, 0.5) is 0 Å². The van der Waals surface area contributed by atoms with Crippen molar-refractivity contribution in [3.63, 3.8) is 0 Å². The maximum atomic E-state index is 5.48. The average Bonchev–Trinajstić information content (AvgIpc) is 2.18. The molecule has 1 heterocycles. The highest BCUT2D eigenvalue weighted by Gasteiger charge is 2.10. The van der Waals surface area contributed by atoms with Crippen LogP contribution in [0.25, 0.3) is 0 Å². The second kappa shape index (κ2) is 4.94. The van der Waals surface area contributed by atoms with Gasteiger partial charge in [-0.3, -0.25) is 9.88 Å². The summed E-state index contributed by atoms with van der Waals surface area (Å²) in [4.78, 5) is 6.50. The molecule has 0 spiro atoms. The van der Waals surface area contributed by atoms with E-state index in [2.05, 4.69) is 23.9 Å². The van der Waals surface area contributed by atoms with Crippen molar-refractivity contribution < 1.29 is 0 Å². The van der Waals surface area contributed by atoms with Crippen LogP contribution >= 0.6 is 0 Å². The molecule has 0 aromatic carbocycles. The van der Waals surface area contributed by atoms with Crippen LogP contribution in [0.15, 0.2) is 24.4 Å². The first-order valence-electron chi connectivity index (χ1n) is 4.57. The standard InChI is InChI=1S/C10H17N3/c1-9(13(2)8-6-11)10-5-3-4-7-12-10/h3-5,7,9H,6,8,11H2,1-2H3/t9-/m0/s1. The number of likely N-dealkylation sites (N-methyl/N-ethyl adjacent to an activating group) is 1. The van der Waals surface area contributed by atoms with Crippen molar-refractivity contribution in [2.45, 2.75) is 13.0 Å². The minimum atomic E-state index is 0.338. The normalized spacial score (nSPS) is 13.2. The zero-order valence-corrected chi connectivity index (χ0v) is 8.27. The lowest BCUT2D eigenvalue weighted by atomic mass is 10.2. The molecule has 0 unspecified atom stereocenters. The third-order valence-electron chi connectivity index (χ3n) is 2.26. The van der Waals surface area contributed by atoms with Gasteiger partial charge in [-0.2, -0.15) is 0 Å². The van der Waals surface area contributed by atoms with Gasteiger partial charge in [-0.25, -0.2) is 0 Å². The predicted molar refractivity (Wildman–Crippen MR) is 54.3 cm³/mol. The molecule has 72 valence electrons. The Balaban J connectivity index is 2.62. The Labute approximate surface area is 79.6 Å². The minimum absolute atomic E-state index is 0.338. The van der Waals surface area contributed by atoms with Crippen molar-refractivity contribution in [3.8, 4) is 0 Å². The van der Waals surface area contributed by atoms with Gasteiger partial charge in [0, 0.05) is 25.3 Å². The van der Waals surface area contributed by atoms with Gasteiger partial charge in [-0.15, -0.1) is 0 Å². The van der Waals surface area contributed by atoms with Crippen molar-refractivity contribution in [1.29, 1.82) is 0 Å². The topological polar surface area (TPSA) is 42.2 Å². The van der Waals surface area contributed by atoms with Crippen LogP contribution in [0.5, 0.6) is 0 Å². The lowest BCUT2D eigenvalue weighted by Gasteiger charge is -2.23. The summed E-state index contributed by atoms with van der Waals surface area (Å²) in [6, 6.07) is 6.32. The highest BCUT2D eigenvalue weighted by molar-refractivity contribution is 5.07. The Kier molecular flexibility index (Phi) is 3.86. The summed E-state index contributed by atoms with van der Waals surface area (Å²) >= 11 is 0. The van der Waals surface area contributed by atoms with Gasteiger partial charge in [0.05, 0.1) is 5.69 Å². The van der Waals surface area contributed by atoms with Gasteiger partial charge in [0.25, 0.3) is 0 Å². The molecule has 3 nitrogen and oxygen atoms in total. The van der Waals surface area contributed by atoms with Crippen molar-refractivity contribution in [2.75, 3.05) is 20.1 Å². The van der Waals surface area contributed by atoms with Crippen LogP contribution in [0.1, 0.15) is 18.7 Å². The first kappa shape index (κ1) is 10.2. The fourth-order valence-electron chi connectivity index (χ4n) is 1.25. The van der Waals surface area contributed by atoms with Crippen molar-refractivity contribution >= 4 is 0 Å². The number of rotatable bonds is 4. The van der Waals surface area contributed by atoms with E-state index in [9.17, 15) is 0 Å². The van der Waals surface area contributed by atoms with Gasteiger partial charge in [-0.05, 0) is 26.1 Å². The molecule has 0 radical (unpaired) electrons. The van der Waals surface area contributed by atoms with Crippen molar-refractivity contribution in [2.24, 2.45) is 5.73 Å². The summed E-state index contributed by atoms with van der Waals surface area (Å²) in [5, 5.41) is 0. The molecule has 2 N–H and O–H groups in total. The van der Waals surface area contributed by atoms with E-state index in [1.165, 1.54) is 0 Å². The average molecular weight is 179 g/mol. The Morgan fingerprint density at radius 3 is 2.85 bits per heavy atom. The van der Waals surface area contributed by atoms with Crippen LogP contribution in [0, 0.1) is 0 Å². The number of hydrogen-bond acceptors (Lipinski definition) is 3. The molecule has 0 bridgehead atoms. The lowest BCUT2D eigenvalue weighted by molar-refractivity contribution is 0.264. The Hall–Kier alpha value is -0.930. The molecule has 0 aliphatic carbocycles. The fraction of sp³-hybridized carbons (Fsp3) is 0.500. The minimum Gasteiger partial charge on any atom is -0.329 e. The van der Waals surface area contributed by atoms with Gasteiger partial charge >= 0.3 is 0 Å². The van der Waals surface area contributed by atoms with E-state index in [1.807, 2.05) is 24.4 Å². The van der Waals surface area contributed by atoms with Crippen LogP contribution in [0.3, 0.4) is 0 Å². The summed E-state index contributed by atoms with van der Waals surface area (Å²) < 4.78 is 0. The van der Waals surface area contributed by atoms with Gasteiger partial charge in [0.15, 0.2) is 0 Å². The van der Waals surface area contributed by atoms with Crippen molar-refractivity contribution in [1.82, 2.24) is 9.88 Å². The molecule has 1 atom stereocenters. The highest BCUT2D eigenvalue weighted by atomic mass is 15.1. The molecule has 0 fully saturated rings. The van der Waals surface area contributed by atoms with Crippen LogP contribution in [0.2, 0.25) is 0 Å². The summed E-state index contributed by atoms with van der Waals surface area (Å²) in [5.41, 5.74) is 6.58. The molecule has 0 aliphatic heterocycles. The molecule has 13 heavy (non-hydrogen) atoms. The summed E-state index contributed by atoms with van der Waals surface area (Å²) in [7, 11) is 2.06. The summed E-state index contributed by atoms with van der Waals surface area (Å²) in [6.07, 6.45) is 1.82. The first-order valence-corrected chi connectivity index (χ1v) is 4.57. The maximum absolute atomic E-state index is 5.48. The van der Waals surface area contributed by atoms with Crippen molar-refractivity contribution in [3.05, 3.63) is 30.1 Å². The van der Waals surface area contributed by atoms with Gasteiger partial charge in [0.2, 0.25) is 0 Å². The smallest absolute Gasteiger partial charge is 0.0572 e. The van der Waals surface area contributed by atoms with E-state index in [0.717, 1.165) is 12.2 Å². The van der Waals surface area contributed by atoms with E-state index in [1.54, 1.807) is 0 Å². The fourth-order valence-corrected chi connectivity index (χ4v) is 1.25. The first-order chi connectivity index (χ1) is 6.25. The monoisotopic (exact) mass is 179 g/mol. The Bertz CT molecular complexity index is 235. The van der Waals surface area contributed by atoms with E-state index in [-0.39, 0.29) is 0 Å². The van der Waals surface area contributed by atoms with Crippen LogP contribution < -0.4 is 5.73 Å². The molecular weight excluding hydrogens is 162 g/mol. The Morgan fingerprint density at radius 2 is 2.31 bits per heavy atom. The van der Waals surface area contributed by atoms with Gasteiger partial charge < -0.3 is 5.73 Å². The molecule has 3 heteroatoms. The molecule has 0 saturated heterocycles. The molecule has 0 amide bonds. The lowest BCUT2D eigenvalue weighted by Crippen LogP contribution is -2.28. The van der Waals surface area contributed by atoms with Gasteiger partial charge in [-0.1, -0.05) is 6.07 Å². The second-order valence-electron chi connectivity index (χ2n) is 3.20. The number of nitrogens with two attached hydrogens (primary N) is 1. The third-order valence-corrected chi connectivity index (χ3v) is 2.26. The van der Waals surface area contributed by atoms with E-state index in [0.29, 0.717) is 12.6 Å². The molecule has 1 aromatic heterocycles. The number of hydrogen-bond donors (Lipinski definition) is 1. The zero-order chi connectivity index (χ0) is 9.68. The highest BCUT2D eigenvalue weighted by Crippen LogP contribution is 2.14. The van der Waals surface area contributed by atoms with E-state index in [4.69, 9.17) is 5.73 Å². The van der Waals surface area contributed by atoms with Gasteiger partial charge in [0.1, 0.15) is 0 Å². The maximum Gasteiger partial charge on any atom is 0.0572 e. The number of pyridine rings is 1. The van der Waals surface area contributed by atoms with Crippen LogP contribution in [-0.2, 0) is 0 Å². The predicted octanol–water partition coefficient (Wildman–Crippen LogP) is 1.03. The molecule has 0 saturated carbocycles. The summed E-state index contributed by atoms with van der Waals surface area (Å²) in [6.45, 7) is 3.73. The summed E-state index contributed by atoms with van der Waals surface area (Å²) in [5.74, 6) is 0. The number of aromatic nitrogens is 1. The SMILES string of the molecule is C[C@@H](c1ccccn1)N(C)CCN. The molecule has 0 aliphatic rings. The molecule has 1 rings (SSSR count). The zero-order valence-electron chi connectivity index (χ0n) is 8.27. The molecular formula is C10H17N3. The Morgan fingerprint density at radius 1 is 1.54 bits per heavy atom. The quantitative estimate of drug-likeness (QED) is 0.750. The van der Waals surface area contributed by atoms with E-state index >= 15 is 0 Å². The number of nitrogens with zero attached hydrogens (tertiary/aromatic N) is 2. The van der Waals surface area contributed by atoms with E-state index < -0.39 is 0 Å². The van der Waals surface area contributed by atoms with Crippen LogP contribution in [-0.4, -0.2) is 30.0 Å². The largest absolute Gasteiger partial charge is 0.329 e.